The Balaban J connectivity index is 2.60. The molecule has 0 bridgehead atoms. The molecule has 1 aliphatic heterocycles. The Kier molecular flexibility index (Phi) is 3.45. The quantitative estimate of drug-likeness (QED) is 0.576. The van der Waals surface area contributed by atoms with Gasteiger partial charge in [-0.3, -0.25) is 0 Å². The van der Waals surface area contributed by atoms with Crippen LogP contribution in [0.3, 0.4) is 0 Å². The highest BCUT2D eigenvalue weighted by atomic mass is 32.2. The third kappa shape index (κ3) is 2.41. The van der Waals surface area contributed by atoms with E-state index in [4.69, 9.17) is 0 Å². The third-order valence-electron chi connectivity index (χ3n) is 1.90. The second-order valence-corrected chi connectivity index (χ2v) is 4.59. The summed E-state index contributed by atoms with van der Waals surface area (Å²) in [6, 6.07) is 0. The molecule has 6 heteroatoms. The van der Waals surface area contributed by atoms with Crippen molar-refractivity contribution < 1.29 is 8.42 Å². The number of nitrogens with one attached hydrogen (secondary N) is 2. The fourth-order valence-electron chi connectivity index (χ4n) is 1.19. The molecular weight excluding hydrogens is 178 g/mol. The first-order valence-corrected chi connectivity index (χ1v) is 5.50. The highest BCUT2D eigenvalue weighted by Gasteiger charge is 2.20. The second kappa shape index (κ2) is 4.18. The maximum atomic E-state index is 11.3. The summed E-state index contributed by atoms with van der Waals surface area (Å²) in [6.07, 6.45) is 0.876. The lowest BCUT2D eigenvalue weighted by molar-refractivity contribution is 0.426. The molecule has 2 N–H and O–H groups in total. The van der Waals surface area contributed by atoms with Gasteiger partial charge in [0.2, 0.25) is 0 Å². The van der Waals surface area contributed by atoms with Gasteiger partial charge in [0.05, 0.1) is 0 Å². The highest BCUT2D eigenvalue weighted by molar-refractivity contribution is 7.87. The van der Waals surface area contributed by atoms with Crippen LogP contribution in [-0.2, 0) is 10.2 Å². The van der Waals surface area contributed by atoms with E-state index in [1.165, 1.54) is 11.4 Å². The van der Waals surface area contributed by atoms with E-state index in [-0.39, 0.29) is 0 Å². The van der Waals surface area contributed by atoms with E-state index in [2.05, 4.69) is 10.0 Å². The lowest BCUT2D eigenvalue weighted by Gasteiger charge is -2.17. The van der Waals surface area contributed by atoms with Crippen LogP contribution in [0.5, 0.6) is 0 Å². The van der Waals surface area contributed by atoms with Gasteiger partial charge in [-0.05, 0) is 13.0 Å². The van der Waals surface area contributed by atoms with Crippen LogP contribution in [0.15, 0.2) is 0 Å². The van der Waals surface area contributed by atoms with Crippen molar-refractivity contribution in [1.82, 2.24) is 14.3 Å². The van der Waals surface area contributed by atoms with Crippen LogP contribution in [0.25, 0.3) is 0 Å². The molecule has 1 heterocycles. The van der Waals surface area contributed by atoms with Crippen LogP contribution in [0.1, 0.15) is 6.42 Å². The Morgan fingerprint density at radius 2 is 2.08 bits per heavy atom. The highest BCUT2D eigenvalue weighted by Crippen LogP contribution is 2.00. The van der Waals surface area contributed by atoms with Gasteiger partial charge >= 0.3 is 0 Å². The zero-order valence-corrected chi connectivity index (χ0v) is 8.02. The molecule has 0 saturated carbocycles. The molecule has 1 saturated heterocycles. The summed E-state index contributed by atoms with van der Waals surface area (Å²) in [5.74, 6) is 0. The number of nitrogens with zero attached hydrogens (tertiary/aromatic N) is 1. The Bertz CT molecular complexity index is 219. The van der Waals surface area contributed by atoms with E-state index in [1.54, 1.807) is 0 Å². The monoisotopic (exact) mass is 193 g/mol. The molecule has 0 spiro atoms. The fourth-order valence-corrected chi connectivity index (χ4v) is 2.15. The molecule has 1 fully saturated rings. The molecular formula is C6H15N3O2S. The van der Waals surface area contributed by atoms with Gasteiger partial charge in [0, 0.05) is 26.7 Å². The molecule has 0 aliphatic carbocycles. The maximum Gasteiger partial charge on any atom is 0.279 e. The largest absolute Gasteiger partial charge is 0.315 e. The van der Waals surface area contributed by atoms with Gasteiger partial charge in [-0.15, -0.1) is 0 Å². The first kappa shape index (κ1) is 9.91. The van der Waals surface area contributed by atoms with Gasteiger partial charge in [-0.1, -0.05) is 0 Å². The van der Waals surface area contributed by atoms with Crippen molar-refractivity contribution >= 4 is 10.2 Å². The fraction of sp³-hybridized carbons (Fsp3) is 1.00. The molecule has 0 aromatic heterocycles. The minimum Gasteiger partial charge on any atom is -0.315 e. The molecule has 0 amide bonds. The molecule has 72 valence electrons. The van der Waals surface area contributed by atoms with Crippen LogP contribution >= 0.6 is 0 Å². The lowest BCUT2D eigenvalue weighted by Crippen LogP contribution is -2.40. The van der Waals surface area contributed by atoms with Gasteiger partial charge < -0.3 is 5.32 Å². The summed E-state index contributed by atoms with van der Waals surface area (Å²) < 4.78 is 26.4. The molecule has 1 rings (SSSR count). The normalized spacial score (nSPS) is 22.1. The number of rotatable bonds is 2. The van der Waals surface area contributed by atoms with E-state index in [9.17, 15) is 8.42 Å². The van der Waals surface area contributed by atoms with Gasteiger partial charge in [0.25, 0.3) is 10.2 Å². The van der Waals surface area contributed by atoms with E-state index in [0.717, 1.165) is 19.5 Å². The zero-order chi connectivity index (χ0) is 9.03. The molecule has 0 aromatic rings. The first-order chi connectivity index (χ1) is 5.67. The van der Waals surface area contributed by atoms with Crippen LogP contribution < -0.4 is 10.0 Å². The molecule has 1 aliphatic rings. The zero-order valence-electron chi connectivity index (χ0n) is 7.21. The van der Waals surface area contributed by atoms with Crippen LogP contribution in [0.4, 0.5) is 0 Å². The summed E-state index contributed by atoms with van der Waals surface area (Å²) in [4.78, 5) is 0. The Labute approximate surface area is 73.3 Å². The SMILES string of the molecule is CNS(=O)(=O)N1CCCNCC1. The van der Waals surface area contributed by atoms with Crippen molar-refractivity contribution in [1.29, 1.82) is 0 Å². The molecule has 12 heavy (non-hydrogen) atoms. The maximum absolute atomic E-state index is 11.3. The molecule has 5 nitrogen and oxygen atoms in total. The third-order valence-corrected chi connectivity index (χ3v) is 3.46. The topological polar surface area (TPSA) is 61.4 Å². The summed E-state index contributed by atoms with van der Waals surface area (Å²) in [5, 5.41) is 3.14. The summed E-state index contributed by atoms with van der Waals surface area (Å²) in [5.41, 5.74) is 0. The number of hydrogen-bond acceptors (Lipinski definition) is 3. The predicted octanol–water partition coefficient (Wildman–Crippen LogP) is -1.25. The van der Waals surface area contributed by atoms with Crippen LogP contribution in [0.2, 0.25) is 0 Å². The van der Waals surface area contributed by atoms with Crippen molar-refractivity contribution in [2.45, 2.75) is 6.42 Å². The van der Waals surface area contributed by atoms with E-state index in [0.29, 0.717) is 13.1 Å². The standard InChI is InChI=1S/C6H15N3O2S/c1-7-12(10,11)9-5-2-3-8-4-6-9/h7-8H,2-6H2,1H3. The molecule has 0 atom stereocenters. The van der Waals surface area contributed by atoms with Crippen molar-refractivity contribution in [2.75, 3.05) is 33.2 Å². The molecule has 0 radical (unpaired) electrons. The van der Waals surface area contributed by atoms with Gasteiger partial charge in [-0.2, -0.15) is 12.7 Å². The second-order valence-electron chi connectivity index (χ2n) is 2.71. The lowest BCUT2D eigenvalue weighted by atomic mass is 10.4. The van der Waals surface area contributed by atoms with Crippen LogP contribution in [0, 0.1) is 0 Å². The smallest absolute Gasteiger partial charge is 0.279 e. The minimum absolute atomic E-state index is 0.559. The predicted molar refractivity (Wildman–Crippen MR) is 47.0 cm³/mol. The van der Waals surface area contributed by atoms with Gasteiger partial charge in [-0.25, -0.2) is 4.72 Å². The van der Waals surface area contributed by atoms with Gasteiger partial charge in [0.15, 0.2) is 0 Å². The van der Waals surface area contributed by atoms with E-state index < -0.39 is 10.2 Å². The van der Waals surface area contributed by atoms with Gasteiger partial charge in [0.1, 0.15) is 0 Å². The minimum atomic E-state index is -3.20. The molecule has 0 aromatic carbocycles. The summed E-state index contributed by atoms with van der Waals surface area (Å²) >= 11 is 0. The van der Waals surface area contributed by atoms with E-state index in [1.807, 2.05) is 0 Å². The van der Waals surface area contributed by atoms with Crippen LogP contribution in [-0.4, -0.2) is 45.9 Å². The Morgan fingerprint density at radius 3 is 2.75 bits per heavy atom. The summed E-state index contributed by atoms with van der Waals surface area (Å²) in [7, 11) is -1.76. The van der Waals surface area contributed by atoms with Crippen molar-refractivity contribution in [2.24, 2.45) is 0 Å². The van der Waals surface area contributed by atoms with Crippen molar-refractivity contribution in [3.05, 3.63) is 0 Å². The first-order valence-electron chi connectivity index (χ1n) is 4.06. The van der Waals surface area contributed by atoms with E-state index >= 15 is 0 Å². The number of hydrogen-bond donors (Lipinski definition) is 2. The molecule has 0 unspecified atom stereocenters. The Morgan fingerprint density at radius 1 is 1.33 bits per heavy atom. The average Bonchev–Trinajstić information content (AvgIpc) is 2.32. The van der Waals surface area contributed by atoms with Crippen molar-refractivity contribution in [3.63, 3.8) is 0 Å². The van der Waals surface area contributed by atoms with Crippen molar-refractivity contribution in [3.8, 4) is 0 Å². The average molecular weight is 193 g/mol. The Hall–Kier alpha value is -0.170. The summed E-state index contributed by atoms with van der Waals surface area (Å²) in [6.45, 7) is 2.80.